The van der Waals surface area contributed by atoms with Crippen molar-refractivity contribution in [2.45, 2.75) is 4.83 Å². The second-order valence-corrected chi connectivity index (χ2v) is 8.89. The van der Waals surface area contributed by atoms with E-state index in [4.69, 9.17) is 0 Å². The Bertz CT molecular complexity index is 552. The second-order valence-electron chi connectivity index (χ2n) is 3.31. The molecule has 1 atom stereocenters. The van der Waals surface area contributed by atoms with Crippen LogP contribution in [0.4, 0.5) is 4.39 Å². The molecule has 2 aromatic rings. The van der Waals surface area contributed by atoms with Crippen LogP contribution < -0.4 is 0 Å². The van der Waals surface area contributed by atoms with E-state index in [1.165, 1.54) is 6.07 Å². The first kappa shape index (κ1) is 14.2. The van der Waals surface area contributed by atoms with Gasteiger partial charge >= 0.3 is 0 Å². The predicted octanol–water partition coefficient (Wildman–Crippen LogP) is 6.66. The molecule has 6 heteroatoms. The molecule has 0 N–H and O–H groups in total. The Hall–Kier alpha value is 0.770. The first-order chi connectivity index (χ1) is 7.99. The molecular weight excluding hydrogens is 503 g/mol. The third kappa shape index (κ3) is 3.21. The van der Waals surface area contributed by atoms with Gasteiger partial charge in [0.25, 0.3) is 0 Å². The Kier molecular flexibility index (Phi) is 4.86. The predicted molar refractivity (Wildman–Crippen MR) is 84.6 cm³/mol. The zero-order valence-corrected chi connectivity index (χ0v) is 15.3. The van der Waals surface area contributed by atoms with Gasteiger partial charge in [-0.2, -0.15) is 0 Å². The molecular formula is C11H5Br4FS. The number of thiophene rings is 1. The maximum atomic E-state index is 13.8. The quantitative estimate of drug-likeness (QED) is 0.399. The van der Waals surface area contributed by atoms with Crippen LogP contribution in [0.15, 0.2) is 36.3 Å². The molecule has 0 spiro atoms. The van der Waals surface area contributed by atoms with Gasteiger partial charge in [0.1, 0.15) is 5.82 Å². The minimum atomic E-state index is -0.218. The van der Waals surface area contributed by atoms with E-state index in [-0.39, 0.29) is 10.6 Å². The molecule has 17 heavy (non-hydrogen) atoms. The lowest BCUT2D eigenvalue weighted by atomic mass is 10.1. The largest absolute Gasteiger partial charge is 0.207 e. The van der Waals surface area contributed by atoms with Gasteiger partial charge in [-0.15, -0.1) is 11.3 Å². The Balaban J connectivity index is 2.46. The fraction of sp³-hybridized carbons (Fsp3) is 0.0909. The molecule has 2 rings (SSSR count). The van der Waals surface area contributed by atoms with E-state index in [0.29, 0.717) is 5.56 Å². The van der Waals surface area contributed by atoms with Gasteiger partial charge in [-0.1, -0.05) is 31.9 Å². The first-order valence-electron chi connectivity index (χ1n) is 4.53. The Labute approximate surface area is 136 Å². The summed E-state index contributed by atoms with van der Waals surface area (Å²) in [6.07, 6.45) is 0. The molecule has 0 nitrogen and oxygen atoms in total. The third-order valence-electron chi connectivity index (χ3n) is 2.19. The van der Waals surface area contributed by atoms with E-state index in [9.17, 15) is 4.39 Å². The summed E-state index contributed by atoms with van der Waals surface area (Å²) in [5.74, 6) is -0.218. The number of rotatable bonds is 2. The molecule has 1 aromatic heterocycles. The summed E-state index contributed by atoms with van der Waals surface area (Å²) < 4.78 is 16.6. The van der Waals surface area contributed by atoms with Gasteiger partial charge < -0.3 is 0 Å². The van der Waals surface area contributed by atoms with E-state index < -0.39 is 0 Å². The number of halogens is 5. The van der Waals surface area contributed by atoms with Gasteiger partial charge in [-0.05, 0) is 61.7 Å². The summed E-state index contributed by atoms with van der Waals surface area (Å²) in [7, 11) is 0. The maximum absolute atomic E-state index is 13.8. The molecule has 0 aliphatic heterocycles. The van der Waals surface area contributed by atoms with Crippen LogP contribution in [0.5, 0.6) is 0 Å². The summed E-state index contributed by atoms with van der Waals surface area (Å²) >= 11 is 15.4. The lowest BCUT2D eigenvalue weighted by molar-refractivity contribution is 0.613. The summed E-state index contributed by atoms with van der Waals surface area (Å²) in [4.78, 5) is -0.170. The fourth-order valence-corrected chi connectivity index (χ4v) is 5.85. The molecule has 1 unspecified atom stereocenters. The van der Waals surface area contributed by atoms with Crippen molar-refractivity contribution in [1.29, 1.82) is 0 Å². The average molecular weight is 508 g/mol. The third-order valence-corrected chi connectivity index (χ3v) is 6.05. The van der Waals surface area contributed by atoms with Crippen LogP contribution >= 0.6 is 75.1 Å². The van der Waals surface area contributed by atoms with Crippen molar-refractivity contribution in [2.75, 3.05) is 0 Å². The Morgan fingerprint density at radius 2 is 1.76 bits per heavy atom. The molecule has 0 fully saturated rings. The molecule has 0 aliphatic carbocycles. The lowest BCUT2D eigenvalue weighted by Gasteiger charge is -2.11. The molecule has 1 heterocycles. The zero-order chi connectivity index (χ0) is 12.6. The van der Waals surface area contributed by atoms with Gasteiger partial charge in [0.2, 0.25) is 0 Å². The average Bonchev–Trinajstić information content (AvgIpc) is 2.60. The molecule has 0 saturated carbocycles. The minimum Gasteiger partial charge on any atom is -0.207 e. The normalized spacial score (nSPS) is 12.8. The van der Waals surface area contributed by atoms with Crippen molar-refractivity contribution in [3.8, 4) is 0 Å². The first-order valence-corrected chi connectivity index (χ1v) is 8.64. The van der Waals surface area contributed by atoms with Crippen LogP contribution in [0.3, 0.4) is 0 Å². The van der Waals surface area contributed by atoms with E-state index >= 15 is 0 Å². The summed E-state index contributed by atoms with van der Waals surface area (Å²) in [6.45, 7) is 0. The van der Waals surface area contributed by atoms with Crippen LogP contribution in [0.25, 0.3) is 0 Å². The fourth-order valence-electron chi connectivity index (χ4n) is 1.40. The van der Waals surface area contributed by atoms with Crippen molar-refractivity contribution in [3.63, 3.8) is 0 Å². The van der Waals surface area contributed by atoms with Crippen molar-refractivity contribution >= 4 is 75.1 Å². The van der Waals surface area contributed by atoms with Crippen LogP contribution in [-0.4, -0.2) is 0 Å². The van der Waals surface area contributed by atoms with Crippen LogP contribution in [0, 0.1) is 5.82 Å². The van der Waals surface area contributed by atoms with Crippen LogP contribution in [-0.2, 0) is 0 Å². The molecule has 0 saturated heterocycles. The van der Waals surface area contributed by atoms with Crippen molar-refractivity contribution in [3.05, 3.63) is 53.3 Å². The highest BCUT2D eigenvalue weighted by Crippen LogP contribution is 2.42. The number of benzene rings is 1. The highest BCUT2D eigenvalue weighted by molar-refractivity contribution is 9.12. The van der Waals surface area contributed by atoms with E-state index in [1.807, 2.05) is 6.07 Å². The van der Waals surface area contributed by atoms with E-state index in [2.05, 4.69) is 63.7 Å². The van der Waals surface area contributed by atoms with Crippen molar-refractivity contribution < 1.29 is 4.39 Å². The van der Waals surface area contributed by atoms with Gasteiger partial charge in [0.15, 0.2) is 0 Å². The molecule has 90 valence electrons. The van der Waals surface area contributed by atoms with Gasteiger partial charge in [0, 0.05) is 10.0 Å². The monoisotopic (exact) mass is 504 g/mol. The summed E-state index contributed by atoms with van der Waals surface area (Å²) in [5, 5.41) is 0. The summed E-state index contributed by atoms with van der Waals surface area (Å²) in [5.41, 5.74) is 1.63. The lowest BCUT2D eigenvalue weighted by Crippen LogP contribution is -1.95. The van der Waals surface area contributed by atoms with Crippen molar-refractivity contribution in [2.24, 2.45) is 0 Å². The maximum Gasteiger partial charge on any atom is 0.127 e. The second kappa shape index (κ2) is 5.82. The van der Waals surface area contributed by atoms with Gasteiger partial charge in [-0.25, -0.2) is 4.39 Å². The van der Waals surface area contributed by atoms with E-state index in [1.54, 1.807) is 23.5 Å². The van der Waals surface area contributed by atoms with E-state index in [0.717, 1.165) is 17.6 Å². The highest BCUT2D eigenvalue weighted by Gasteiger charge is 2.19. The molecule has 0 radical (unpaired) electrons. The number of hydrogen-bond acceptors (Lipinski definition) is 1. The smallest absolute Gasteiger partial charge is 0.127 e. The van der Waals surface area contributed by atoms with Gasteiger partial charge in [0.05, 0.1) is 12.4 Å². The van der Waals surface area contributed by atoms with Crippen LogP contribution in [0.1, 0.15) is 16.0 Å². The molecule has 0 bridgehead atoms. The zero-order valence-electron chi connectivity index (χ0n) is 8.18. The number of hydrogen-bond donors (Lipinski definition) is 0. The molecule has 1 aromatic carbocycles. The highest BCUT2D eigenvalue weighted by atomic mass is 79.9. The SMILES string of the molecule is Fc1ccc(Br)cc1C(Br)c1cc(Br)sc1Br. The standard InChI is InChI=1S/C11H5Br4FS/c12-5-1-2-8(16)6(3-5)10(14)7-4-9(13)17-11(7)15/h1-4,10H. The van der Waals surface area contributed by atoms with Crippen LogP contribution in [0.2, 0.25) is 0 Å². The molecule has 0 amide bonds. The number of alkyl halides is 1. The molecule has 0 aliphatic rings. The van der Waals surface area contributed by atoms with Gasteiger partial charge in [-0.3, -0.25) is 0 Å². The Morgan fingerprint density at radius 1 is 1.06 bits per heavy atom. The van der Waals surface area contributed by atoms with Crippen molar-refractivity contribution in [1.82, 2.24) is 0 Å². The topological polar surface area (TPSA) is 0 Å². The summed E-state index contributed by atoms with van der Waals surface area (Å²) in [6, 6.07) is 6.92. The minimum absolute atomic E-state index is 0.170. The Morgan fingerprint density at radius 3 is 2.35 bits per heavy atom.